The van der Waals surface area contributed by atoms with Gasteiger partial charge in [-0.15, -0.1) is 0 Å². The molecule has 5 nitrogen and oxygen atoms in total. The fourth-order valence-corrected chi connectivity index (χ4v) is 2.03. The van der Waals surface area contributed by atoms with Crippen LogP contribution in [0, 0.1) is 6.92 Å². The minimum Gasteiger partial charge on any atom is -0.347 e. The Hall–Kier alpha value is -1.36. The monoisotopic (exact) mass is 266 g/mol. The largest absolute Gasteiger partial charge is 0.347 e. The van der Waals surface area contributed by atoms with E-state index in [1.807, 2.05) is 25.6 Å². The summed E-state index contributed by atoms with van der Waals surface area (Å²) in [6.45, 7) is 7.79. The van der Waals surface area contributed by atoms with Crippen LogP contribution < -0.4 is 0 Å². The summed E-state index contributed by atoms with van der Waals surface area (Å²) in [6.07, 6.45) is 3.16. The van der Waals surface area contributed by atoms with Crippen LogP contribution in [0.15, 0.2) is 6.20 Å². The molecule has 1 amide bonds. The van der Waals surface area contributed by atoms with Gasteiger partial charge in [-0.05, 0) is 27.3 Å². The van der Waals surface area contributed by atoms with E-state index in [4.69, 9.17) is 0 Å². The summed E-state index contributed by atoms with van der Waals surface area (Å²) in [7, 11) is 5.55. The van der Waals surface area contributed by atoms with Crippen molar-refractivity contribution in [1.82, 2.24) is 19.6 Å². The number of amides is 1. The Balaban J connectivity index is 2.71. The number of hydrogen-bond acceptors (Lipinski definition) is 3. The molecule has 19 heavy (non-hydrogen) atoms. The van der Waals surface area contributed by atoms with Crippen molar-refractivity contribution >= 4 is 5.91 Å². The normalized spacial score (nSPS) is 12.8. The molecule has 108 valence electrons. The van der Waals surface area contributed by atoms with Crippen molar-refractivity contribution in [3.05, 3.63) is 17.5 Å². The van der Waals surface area contributed by atoms with Crippen LogP contribution in [0.3, 0.4) is 0 Å². The third-order valence-electron chi connectivity index (χ3n) is 3.38. The van der Waals surface area contributed by atoms with Crippen LogP contribution in [0.1, 0.15) is 31.5 Å². The van der Waals surface area contributed by atoms with Crippen LogP contribution in [-0.4, -0.2) is 52.7 Å². The average molecular weight is 266 g/mol. The molecule has 0 bridgehead atoms. The Labute approximate surface area is 116 Å². The molecule has 0 aliphatic rings. The minimum absolute atomic E-state index is 0.121. The van der Waals surface area contributed by atoms with E-state index in [9.17, 15) is 4.79 Å². The lowest BCUT2D eigenvalue weighted by molar-refractivity contribution is -0.133. The van der Waals surface area contributed by atoms with E-state index in [1.54, 1.807) is 19.0 Å². The van der Waals surface area contributed by atoms with Crippen molar-refractivity contribution in [2.75, 3.05) is 21.1 Å². The van der Waals surface area contributed by atoms with Gasteiger partial charge in [0, 0.05) is 38.9 Å². The number of rotatable bonds is 6. The van der Waals surface area contributed by atoms with Gasteiger partial charge in [0.2, 0.25) is 5.91 Å². The average Bonchev–Trinajstić information content (AvgIpc) is 2.68. The Morgan fingerprint density at radius 1 is 1.42 bits per heavy atom. The summed E-state index contributed by atoms with van der Waals surface area (Å²) in [5, 5.41) is 4.49. The molecule has 0 aliphatic carbocycles. The molecule has 0 radical (unpaired) electrons. The summed E-state index contributed by atoms with van der Waals surface area (Å²) < 4.78 is 1.98. The van der Waals surface area contributed by atoms with E-state index in [1.165, 1.54) is 5.56 Å². The first-order valence-electron chi connectivity index (χ1n) is 6.81. The molecule has 1 unspecified atom stereocenters. The summed E-state index contributed by atoms with van der Waals surface area (Å²) in [5.41, 5.74) is 2.24. The zero-order chi connectivity index (χ0) is 14.6. The molecule has 5 heteroatoms. The van der Waals surface area contributed by atoms with Gasteiger partial charge in [-0.1, -0.05) is 6.92 Å². The Bertz CT molecular complexity index is 425. The van der Waals surface area contributed by atoms with Crippen molar-refractivity contribution in [3.8, 4) is 0 Å². The number of nitrogens with zero attached hydrogens (tertiary/aromatic N) is 4. The van der Waals surface area contributed by atoms with Crippen LogP contribution in [0.25, 0.3) is 0 Å². The van der Waals surface area contributed by atoms with Crippen molar-refractivity contribution < 1.29 is 4.79 Å². The maximum Gasteiger partial charge on any atom is 0.239 e. The predicted molar refractivity (Wildman–Crippen MR) is 76.9 cm³/mol. The van der Waals surface area contributed by atoms with Crippen molar-refractivity contribution in [3.63, 3.8) is 0 Å². The Morgan fingerprint density at radius 3 is 2.58 bits per heavy atom. The maximum absolute atomic E-state index is 11.9. The molecule has 1 heterocycles. The summed E-state index contributed by atoms with van der Waals surface area (Å²) in [5.74, 6) is 0.126. The van der Waals surface area contributed by atoms with Crippen molar-refractivity contribution in [2.45, 2.75) is 46.3 Å². The first-order valence-corrected chi connectivity index (χ1v) is 6.81. The van der Waals surface area contributed by atoms with Gasteiger partial charge in [0.1, 0.15) is 0 Å². The van der Waals surface area contributed by atoms with Crippen molar-refractivity contribution in [2.24, 2.45) is 0 Å². The minimum atomic E-state index is -0.121. The van der Waals surface area contributed by atoms with Crippen molar-refractivity contribution in [1.29, 1.82) is 0 Å². The second kappa shape index (κ2) is 6.70. The molecule has 0 spiro atoms. The zero-order valence-corrected chi connectivity index (χ0v) is 13.0. The van der Waals surface area contributed by atoms with Crippen LogP contribution in [0.2, 0.25) is 0 Å². The molecule has 0 aromatic carbocycles. The van der Waals surface area contributed by atoms with Crippen LogP contribution >= 0.6 is 0 Å². The fraction of sp³-hybridized carbons (Fsp3) is 0.714. The van der Waals surface area contributed by atoms with E-state index in [0.717, 1.165) is 25.2 Å². The lowest BCUT2D eigenvalue weighted by Crippen LogP contribution is -2.42. The van der Waals surface area contributed by atoms with Gasteiger partial charge < -0.3 is 4.90 Å². The standard InChI is InChI=1S/C14H26N4O/c1-7-8-18-10-13(11(2)15-18)9-17(6)12(3)14(19)16(4)5/h10,12H,7-9H2,1-6H3. The highest BCUT2D eigenvalue weighted by atomic mass is 16.2. The first kappa shape index (κ1) is 15.7. The zero-order valence-electron chi connectivity index (χ0n) is 13.0. The molecule has 0 saturated heterocycles. The molecule has 0 aliphatic heterocycles. The molecule has 0 fully saturated rings. The predicted octanol–water partition coefficient (Wildman–Crippen LogP) is 1.51. The SMILES string of the molecule is CCCn1cc(CN(C)C(C)C(=O)N(C)C)c(C)n1. The van der Waals surface area contributed by atoms with Gasteiger partial charge in [-0.2, -0.15) is 5.10 Å². The third-order valence-corrected chi connectivity index (χ3v) is 3.38. The first-order chi connectivity index (χ1) is 8.86. The molecule has 1 rings (SSSR count). The van der Waals surface area contributed by atoms with E-state index in [0.29, 0.717) is 0 Å². The Kier molecular flexibility index (Phi) is 5.54. The van der Waals surface area contributed by atoms with Gasteiger partial charge in [-0.3, -0.25) is 14.4 Å². The van der Waals surface area contributed by atoms with Crippen LogP contribution in [0.4, 0.5) is 0 Å². The second-order valence-corrected chi connectivity index (χ2v) is 5.33. The van der Waals surface area contributed by atoms with E-state index < -0.39 is 0 Å². The summed E-state index contributed by atoms with van der Waals surface area (Å²) in [4.78, 5) is 15.6. The lowest BCUT2D eigenvalue weighted by atomic mass is 10.2. The smallest absolute Gasteiger partial charge is 0.239 e. The molecule has 1 aromatic rings. The molecular formula is C14H26N4O. The highest BCUT2D eigenvalue weighted by Crippen LogP contribution is 2.11. The van der Waals surface area contributed by atoms with Gasteiger partial charge in [0.25, 0.3) is 0 Å². The quantitative estimate of drug-likeness (QED) is 0.784. The summed E-state index contributed by atoms with van der Waals surface area (Å²) >= 11 is 0. The fourth-order valence-electron chi connectivity index (χ4n) is 2.03. The highest BCUT2D eigenvalue weighted by molar-refractivity contribution is 5.80. The van der Waals surface area contributed by atoms with Gasteiger partial charge in [-0.25, -0.2) is 0 Å². The summed E-state index contributed by atoms with van der Waals surface area (Å²) in [6, 6.07) is -0.121. The highest BCUT2D eigenvalue weighted by Gasteiger charge is 2.20. The van der Waals surface area contributed by atoms with Crippen LogP contribution in [0.5, 0.6) is 0 Å². The lowest BCUT2D eigenvalue weighted by Gasteiger charge is -2.26. The second-order valence-electron chi connectivity index (χ2n) is 5.33. The number of likely N-dealkylation sites (N-methyl/N-ethyl adjacent to an activating group) is 2. The van der Waals surface area contributed by atoms with Gasteiger partial charge in [0.15, 0.2) is 0 Å². The van der Waals surface area contributed by atoms with E-state index >= 15 is 0 Å². The maximum atomic E-state index is 11.9. The number of aryl methyl sites for hydroxylation is 2. The molecule has 0 saturated carbocycles. The van der Waals surface area contributed by atoms with Gasteiger partial charge in [0.05, 0.1) is 11.7 Å². The molecule has 1 aromatic heterocycles. The third kappa shape index (κ3) is 4.06. The van der Waals surface area contributed by atoms with Gasteiger partial charge >= 0.3 is 0 Å². The molecule has 1 atom stereocenters. The number of aromatic nitrogens is 2. The van der Waals surface area contributed by atoms with E-state index in [-0.39, 0.29) is 11.9 Å². The number of hydrogen-bond donors (Lipinski definition) is 0. The molecule has 0 N–H and O–H groups in total. The topological polar surface area (TPSA) is 41.4 Å². The number of carbonyl (C=O) groups excluding carboxylic acids is 1. The Morgan fingerprint density at radius 2 is 2.05 bits per heavy atom. The number of carbonyl (C=O) groups is 1. The van der Waals surface area contributed by atoms with E-state index in [2.05, 4.69) is 23.1 Å². The van der Waals surface area contributed by atoms with Crippen LogP contribution in [-0.2, 0) is 17.9 Å². The molecular weight excluding hydrogens is 240 g/mol.